The zero-order valence-electron chi connectivity index (χ0n) is 11.0. The lowest BCUT2D eigenvalue weighted by atomic mass is 10.2. The van der Waals surface area contributed by atoms with Crippen LogP contribution in [-0.4, -0.2) is 26.4 Å². The number of ether oxygens (including phenoxy) is 2. The van der Waals surface area contributed by atoms with Gasteiger partial charge in [0.15, 0.2) is 0 Å². The molecular formula is C14H23NO2. The van der Waals surface area contributed by atoms with E-state index in [2.05, 4.69) is 25.2 Å². The Labute approximate surface area is 104 Å². The summed E-state index contributed by atoms with van der Waals surface area (Å²) in [6.07, 6.45) is 1.35. The van der Waals surface area contributed by atoms with Crippen molar-refractivity contribution in [3.63, 3.8) is 0 Å². The van der Waals surface area contributed by atoms with Crippen molar-refractivity contribution in [3.05, 3.63) is 29.8 Å². The highest BCUT2D eigenvalue weighted by atomic mass is 16.5. The van der Waals surface area contributed by atoms with Crippen LogP contribution in [0.25, 0.3) is 0 Å². The molecule has 1 atom stereocenters. The molecule has 0 heterocycles. The summed E-state index contributed by atoms with van der Waals surface area (Å²) in [5.41, 5.74) is 1.18. The van der Waals surface area contributed by atoms with Crippen LogP contribution in [0.3, 0.4) is 0 Å². The maximum Gasteiger partial charge on any atom is 0.123 e. The molecule has 1 aromatic carbocycles. The Morgan fingerprint density at radius 3 is 2.71 bits per heavy atom. The highest BCUT2D eigenvalue weighted by molar-refractivity contribution is 5.33. The van der Waals surface area contributed by atoms with Crippen molar-refractivity contribution in [2.45, 2.75) is 32.9 Å². The summed E-state index contributed by atoms with van der Waals surface area (Å²) < 4.78 is 11.3. The van der Waals surface area contributed by atoms with Crippen molar-refractivity contribution in [1.29, 1.82) is 0 Å². The molecule has 3 heteroatoms. The van der Waals surface area contributed by atoms with Crippen molar-refractivity contribution in [3.8, 4) is 5.75 Å². The molecule has 96 valence electrons. The van der Waals surface area contributed by atoms with Crippen molar-refractivity contribution >= 4 is 0 Å². The molecule has 1 unspecified atom stereocenters. The number of hydrogen-bond acceptors (Lipinski definition) is 3. The number of nitrogens with one attached hydrogen (secondary N) is 1. The fourth-order valence-corrected chi connectivity index (χ4v) is 1.50. The summed E-state index contributed by atoms with van der Waals surface area (Å²) in [4.78, 5) is 0. The third-order valence-electron chi connectivity index (χ3n) is 2.66. The van der Waals surface area contributed by atoms with E-state index in [0.717, 1.165) is 18.7 Å². The minimum Gasteiger partial charge on any atom is -0.491 e. The number of benzene rings is 1. The molecule has 0 aromatic heterocycles. The lowest BCUT2D eigenvalue weighted by molar-refractivity contribution is 0.0425. The molecule has 0 amide bonds. The van der Waals surface area contributed by atoms with Crippen LogP contribution in [0.2, 0.25) is 0 Å². The van der Waals surface area contributed by atoms with Gasteiger partial charge in [-0.25, -0.2) is 0 Å². The van der Waals surface area contributed by atoms with E-state index < -0.39 is 0 Å². The van der Waals surface area contributed by atoms with Crippen molar-refractivity contribution in [2.24, 2.45) is 0 Å². The Kier molecular flexibility index (Phi) is 6.67. The second kappa shape index (κ2) is 8.09. The minimum atomic E-state index is 0.311. The Morgan fingerprint density at radius 2 is 2.00 bits per heavy atom. The zero-order chi connectivity index (χ0) is 12.5. The first-order valence-corrected chi connectivity index (χ1v) is 6.24. The van der Waals surface area contributed by atoms with Gasteiger partial charge < -0.3 is 14.8 Å². The molecule has 3 nitrogen and oxygen atoms in total. The van der Waals surface area contributed by atoms with E-state index in [1.54, 1.807) is 0 Å². The van der Waals surface area contributed by atoms with Gasteiger partial charge in [-0.2, -0.15) is 0 Å². The van der Waals surface area contributed by atoms with Crippen molar-refractivity contribution in [1.82, 2.24) is 5.32 Å². The molecule has 0 spiro atoms. The monoisotopic (exact) mass is 237 g/mol. The fraction of sp³-hybridized carbons (Fsp3) is 0.571. The maximum absolute atomic E-state index is 5.72. The van der Waals surface area contributed by atoms with Gasteiger partial charge in [-0.05, 0) is 26.5 Å². The molecule has 0 aliphatic rings. The van der Waals surface area contributed by atoms with E-state index in [9.17, 15) is 0 Å². The van der Waals surface area contributed by atoms with E-state index in [4.69, 9.17) is 9.47 Å². The van der Waals surface area contributed by atoms with E-state index in [-0.39, 0.29) is 0 Å². The van der Waals surface area contributed by atoms with Crippen LogP contribution in [0.5, 0.6) is 5.75 Å². The summed E-state index contributed by atoms with van der Waals surface area (Å²) >= 11 is 0. The summed E-state index contributed by atoms with van der Waals surface area (Å²) in [6.45, 7) is 6.26. The van der Waals surface area contributed by atoms with Gasteiger partial charge in [0.05, 0.1) is 12.7 Å². The van der Waals surface area contributed by atoms with Crippen LogP contribution in [0.4, 0.5) is 0 Å². The van der Waals surface area contributed by atoms with Gasteiger partial charge in [-0.3, -0.25) is 0 Å². The molecule has 0 radical (unpaired) electrons. The molecule has 17 heavy (non-hydrogen) atoms. The second-order valence-corrected chi connectivity index (χ2v) is 4.08. The minimum absolute atomic E-state index is 0.311. The molecule has 0 saturated heterocycles. The molecule has 0 fully saturated rings. The van der Waals surface area contributed by atoms with Gasteiger partial charge in [0.2, 0.25) is 0 Å². The lowest BCUT2D eigenvalue weighted by Crippen LogP contribution is -2.14. The number of rotatable bonds is 8. The second-order valence-electron chi connectivity index (χ2n) is 4.08. The average Bonchev–Trinajstić information content (AvgIpc) is 2.36. The van der Waals surface area contributed by atoms with Crippen LogP contribution in [0.1, 0.15) is 25.8 Å². The quantitative estimate of drug-likeness (QED) is 0.705. The van der Waals surface area contributed by atoms with E-state index in [0.29, 0.717) is 19.3 Å². The van der Waals surface area contributed by atoms with E-state index in [1.165, 1.54) is 5.56 Å². The molecule has 0 saturated carbocycles. The standard InChI is InChI=1S/C14H23NO2/c1-4-12(2)16-9-10-17-14-8-6-5-7-13(14)11-15-3/h5-8,12,15H,4,9-11H2,1-3H3. The summed E-state index contributed by atoms with van der Waals surface area (Å²) in [7, 11) is 1.93. The Morgan fingerprint density at radius 1 is 1.24 bits per heavy atom. The highest BCUT2D eigenvalue weighted by Crippen LogP contribution is 2.17. The smallest absolute Gasteiger partial charge is 0.123 e. The number of para-hydroxylation sites is 1. The van der Waals surface area contributed by atoms with Crippen LogP contribution in [-0.2, 0) is 11.3 Å². The van der Waals surface area contributed by atoms with Gasteiger partial charge in [-0.1, -0.05) is 25.1 Å². The van der Waals surface area contributed by atoms with Crippen LogP contribution < -0.4 is 10.1 Å². The lowest BCUT2D eigenvalue weighted by Gasteiger charge is -2.13. The van der Waals surface area contributed by atoms with Crippen molar-refractivity contribution in [2.75, 3.05) is 20.3 Å². The summed E-state index contributed by atoms with van der Waals surface area (Å²) in [5, 5.41) is 3.13. The number of hydrogen-bond donors (Lipinski definition) is 1. The molecule has 0 aliphatic heterocycles. The largest absolute Gasteiger partial charge is 0.491 e. The Bertz CT molecular complexity index is 315. The summed E-state index contributed by atoms with van der Waals surface area (Å²) in [5.74, 6) is 0.939. The highest BCUT2D eigenvalue weighted by Gasteiger charge is 2.02. The van der Waals surface area contributed by atoms with Gasteiger partial charge >= 0.3 is 0 Å². The van der Waals surface area contributed by atoms with E-state index >= 15 is 0 Å². The maximum atomic E-state index is 5.72. The Hall–Kier alpha value is -1.06. The van der Waals surface area contributed by atoms with Gasteiger partial charge in [0.1, 0.15) is 12.4 Å². The van der Waals surface area contributed by atoms with Gasteiger partial charge in [-0.15, -0.1) is 0 Å². The average molecular weight is 237 g/mol. The zero-order valence-corrected chi connectivity index (χ0v) is 11.0. The normalized spacial score (nSPS) is 12.4. The predicted octanol–water partition coefficient (Wildman–Crippen LogP) is 2.60. The SMILES string of the molecule is CCC(C)OCCOc1ccccc1CNC. The van der Waals surface area contributed by atoms with E-state index in [1.807, 2.05) is 25.2 Å². The van der Waals surface area contributed by atoms with Gasteiger partial charge in [0, 0.05) is 12.1 Å². The van der Waals surface area contributed by atoms with Crippen LogP contribution in [0.15, 0.2) is 24.3 Å². The molecule has 1 aromatic rings. The predicted molar refractivity (Wildman–Crippen MR) is 70.4 cm³/mol. The van der Waals surface area contributed by atoms with Crippen LogP contribution >= 0.6 is 0 Å². The third kappa shape index (κ3) is 5.20. The topological polar surface area (TPSA) is 30.5 Å². The van der Waals surface area contributed by atoms with Crippen LogP contribution in [0, 0.1) is 0 Å². The molecular weight excluding hydrogens is 214 g/mol. The first-order valence-electron chi connectivity index (χ1n) is 6.24. The fourth-order valence-electron chi connectivity index (χ4n) is 1.50. The first kappa shape index (κ1) is 14.0. The van der Waals surface area contributed by atoms with Gasteiger partial charge in [0.25, 0.3) is 0 Å². The molecule has 0 bridgehead atoms. The summed E-state index contributed by atoms with van der Waals surface area (Å²) in [6, 6.07) is 8.08. The first-order chi connectivity index (χ1) is 8.27. The Balaban J connectivity index is 2.35. The molecule has 1 rings (SSSR count). The van der Waals surface area contributed by atoms with Crippen molar-refractivity contribution < 1.29 is 9.47 Å². The third-order valence-corrected chi connectivity index (χ3v) is 2.66. The molecule has 0 aliphatic carbocycles. The molecule has 1 N–H and O–H groups in total.